The number of nitrogens with zero attached hydrogens (tertiary/aromatic N) is 1. The summed E-state index contributed by atoms with van der Waals surface area (Å²) >= 11 is 5.49. The lowest BCUT2D eigenvalue weighted by Gasteiger charge is -2.13. The number of nitrogens with one attached hydrogen (secondary N) is 2. The fraction of sp³-hybridized carbons (Fsp3) is 0.375. The maximum Gasteiger partial charge on any atom is 0.263 e. The van der Waals surface area contributed by atoms with Gasteiger partial charge in [-0.3, -0.25) is 4.79 Å². The van der Waals surface area contributed by atoms with E-state index in [0.29, 0.717) is 12.4 Å². The molecule has 0 spiro atoms. The highest BCUT2D eigenvalue weighted by Crippen LogP contribution is 2.14. The third kappa shape index (κ3) is 5.49. The van der Waals surface area contributed by atoms with Crippen molar-refractivity contribution < 1.29 is 4.79 Å². The Morgan fingerprint density at radius 3 is 2.62 bits per heavy atom. The second kappa shape index (κ2) is 9.04. The number of hydrogen-bond acceptors (Lipinski definition) is 3. The first kappa shape index (κ1) is 17.1. The van der Waals surface area contributed by atoms with Gasteiger partial charge < -0.3 is 10.6 Å². The van der Waals surface area contributed by atoms with Crippen molar-refractivity contribution in [1.29, 1.82) is 5.26 Å². The molecule has 0 bridgehead atoms. The Labute approximate surface area is 130 Å². The van der Waals surface area contributed by atoms with Gasteiger partial charge in [0, 0.05) is 24.7 Å². The maximum atomic E-state index is 11.7. The van der Waals surface area contributed by atoms with Crippen molar-refractivity contribution in [1.82, 2.24) is 10.6 Å². The quantitative estimate of drug-likeness (QED) is 0.462. The normalized spacial score (nSPS) is 12.4. The van der Waals surface area contributed by atoms with Gasteiger partial charge in [0.1, 0.15) is 11.6 Å². The average Bonchev–Trinajstić information content (AvgIpc) is 2.53. The van der Waals surface area contributed by atoms with Crippen molar-refractivity contribution in [2.75, 3.05) is 12.4 Å². The van der Waals surface area contributed by atoms with Crippen molar-refractivity contribution >= 4 is 17.5 Å². The minimum Gasteiger partial charge on any atom is -0.383 e. The number of hydrogen-bond donors (Lipinski definition) is 2. The van der Waals surface area contributed by atoms with E-state index in [0.717, 1.165) is 12.0 Å². The highest BCUT2D eigenvalue weighted by Gasteiger charge is 2.09. The third-order valence-corrected chi connectivity index (χ3v) is 3.30. The molecule has 1 amide bonds. The van der Waals surface area contributed by atoms with E-state index in [-0.39, 0.29) is 11.6 Å². The largest absolute Gasteiger partial charge is 0.383 e. The molecule has 0 heterocycles. The molecule has 0 aliphatic rings. The van der Waals surface area contributed by atoms with Crippen LogP contribution in [0.1, 0.15) is 31.0 Å². The van der Waals surface area contributed by atoms with Gasteiger partial charge in [0.05, 0.1) is 0 Å². The summed E-state index contributed by atoms with van der Waals surface area (Å²) in [6, 6.07) is 10.1. The molecule has 112 valence electrons. The molecule has 0 aliphatic carbocycles. The molecule has 1 aromatic rings. The number of carbonyl (C=O) groups excluding carboxylic acids is 1. The summed E-state index contributed by atoms with van der Waals surface area (Å²) in [6.07, 6.45) is 2.45. The summed E-state index contributed by atoms with van der Waals surface area (Å²) in [4.78, 5) is 11.7. The summed E-state index contributed by atoms with van der Waals surface area (Å²) in [6.45, 7) is 4.43. The Hall–Kier alpha value is -1.99. The van der Waals surface area contributed by atoms with E-state index in [4.69, 9.17) is 16.9 Å². The minimum atomic E-state index is -0.417. The monoisotopic (exact) mass is 305 g/mol. The molecule has 0 saturated carbocycles. The molecule has 21 heavy (non-hydrogen) atoms. The number of amides is 1. The van der Waals surface area contributed by atoms with Crippen LogP contribution in [0.4, 0.5) is 0 Å². The number of halogens is 1. The second-order valence-electron chi connectivity index (χ2n) is 4.60. The Bertz CT molecular complexity index is 531. The zero-order valence-electron chi connectivity index (χ0n) is 12.3. The van der Waals surface area contributed by atoms with E-state index >= 15 is 0 Å². The number of nitriles is 1. The molecular weight excluding hydrogens is 286 g/mol. The van der Waals surface area contributed by atoms with E-state index in [1.54, 1.807) is 0 Å². The lowest BCUT2D eigenvalue weighted by atomic mass is 10.1. The highest BCUT2D eigenvalue weighted by atomic mass is 35.5. The maximum absolute atomic E-state index is 11.7. The fourth-order valence-electron chi connectivity index (χ4n) is 1.75. The molecule has 0 fully saturated rings. The number of carbonyl (C=O) groups is 1. The molecule has 0 radical (unpaired) electrons. The van der Waals surface area contributed by atoms with E-state index in [2.05, 4.69) is 29.7 Å². The van der Waals surface area contributed by atoms with Gasteiger partial charge in [0.25, 0.3) is 5.91 Å². The van der Waals surface area contributed by atoms with Crippen LogP contribution in [0.3, 0.4) is 0 Å². The summed E-state index contributed by atoms with van der Waals surface area (Å²) < 4.78 is 0. The fourth-order valence-corrected chi connectivity index (χ4v) is 1.85. The lowest BCUT2D eigenvalue weighted by Crippen LogP contribution is -2.27. The first-order valence-corrected chi connectivity index (χ1v) is 7.45. The van der Waals surface area contributed by atoms with Crippen molar-refractivity contribution in [2.45, 2.75) is 26.3 Å². The topological polar surface area (TPSA) is 64.9 Å². The van der Waals surface area contributed by atoms with Crippen LogP contribution in [0.5, 0.6) is 0 Å². The molecule has 0 saturated heterocycles. The zero-order valence-corrected chi connectivity index (χ0v) is 13.1. The standard InChI is InChI=1S/C16H20ClN3O/c1-3-13-4-6-14(7-5-13)12(2)20-11-15(10-18)16(21)19-9-8-17/h4-7,11-12,20H,3,8-9H2,1-2H3,(H,19,21)/b15-11-. The molecule has 1 aromatic carbocycles. The smallest absolute Gasteiger partial charge is 0.263 e. The van der Waals surface area contributed by atoms with Crippen LogP contribution in [0, 0.1) is 11.3 Å². The van der Waals surface area contributed by atoms with Gasteiger partial charge in [-0.2, -0.15) is 5.26 Å². The van der Waals surface area contributed by atoms with Gasteiger partial charge >= 0.3 is 0 Å². The summed E-state index contributed by atoms with van der Waals surface area (Å²) in [5.74, 6) is -0.0999. The van der Waals surface area contributed by atoms with Gasteiger partial charge in [-0.15, -0.1) is 11.6 Å². The Morgan fingerprint density at radius 1 is 1.43 bits per heavy atom. The van der Waals surface area contributed by atoms with E-state index in [1.807, 2.05) is 25.1 Å². The van der Waals surface area contributed by atoms with Gasteiger partial charge in [-0.05, 0) is 24.5 Å². The summed E-state index contributed by atoms with van der Waals surface area (Å²) in [5.41, 5.74) is 2.42. The lowest BCUT2D eigenvalue weighted by molar-refractivity contribution is -0.117. The number of rotatable bonds is 7. The number of benzene rings is 1. The Balaban J connectivity index is 2.67. The highest BCUT2D eigenvalue weighted by molar-refractivity contribution is 6.18. The van der Waals surface area contributed by atoms with E-state index in [9.17, 15) is 4.79 Å². The van der Waals surface area contributed by atoms with Gasteiger partial charge in [-0.25, -0.2) is 0 Å². The number of alkyl halides is 1. The van der Waals surface area contributed by atoms with Gasteiger partial charge in [-0.1, -0.05) is 31.2 Å². The van der Waals surface area contributed by atoms with E-state index < -0.39 is 5.91 Å². The van der Waals surface area contributed by atoms with Crippen LogP contribution < -0.4 is 10.6 Å². The molecule has 5 heteroatoms. The predicted octanol–water partition coefficient (Wildman–Crippen LogP) is 2.66. The first-order chi connectivity index (χ1) is 10.1. The van der Waals surface area contributed by atoms with Gasteiger partial charge in [0.2, 0.25) is 0 Å². The molecule has 1 rings (SSSR count). The van der Waals surface area contributed by atoms with Crippen LogP contribution in [0.2, 0.25) is 0 Å². The van der Waals surface area contributed by atoms with Crippen LogP contribution in [0.25, 0.3) is 0 Å². The van der Waals surface area contributed by atoms with Crippen molar-refractivity contribution in [3.05, 3.63) is 47.2 Å². The summed E-state index contributed by atoms with van der Waals surface area (Å²) in [7, 11) is 0. The van der Waals surface area contributed by atoms with Crippen molar-refractivity contribution in [3.63, 3.8) is 0 Å². The molecule has 1 unspecified atom stereocenters. The SMILES string of the molecule is CCc1ccc(C(C)N/C=C(/C#N)C(=O)NCCCl)cc1. The Morgan fingerprint density at radius 2 is 2.10 bits per heavy atom. The van der Waals surface area contributed by atoms with Gasteiger partial charge in [0.15, 0.2) is 0 Å². The molecule has 2 N–H and O–H groups in total. The molecular formula is C16H20ClN3O. The first-order valence-electron chi connectivity index (χ1n) is 6.91. The number of aryl methyl sites for hydroxylation is 1. The zero-order chi connectivity index (χ0) is 15.7. The van der Waals surface area contributed by atoms with Crippen LogP contribution >= 0.6 is 11.6 Å². The van der Waals surface area contributed by atoms with Crippen molar-refractivity contribution in [3.8, 4) is 6.07 Å². The average molecular weight is 306 g/mol. The molecule has 4 nitrogen and oxygen atoms in total. The third-order valence-electron chi connectivity index (χ3n) is 3.11. The van der Waals surface area contributed by atoms with Crippen LogP contribution in [-0.2, 0) is 11.2 Å². The molecule has 1 atom stereocenters. The predicted molar refractivity (Wildman–Crippen MR) is 84.8 cm³/mol. The second-order valence-corrected chi connectivity index (χ2v) is 4.98. The Kier molecular flexibility index (Phi) is 7.34. The summed E-state index contributed by atoms with van der Waals surface area (Å²) in [5, 5.41) is 14.6. The minimum absolute atomic E-state index is 0.0140. The van der Waals surface area contributed by atoms with E-state index in [1.165, 1.54) is 11.8 Å². The molecule has 0 aliphatic heterocycles. The van der Waals surface area contributed by atoms with Crippen LogP contribution in [-0.4, -0.2) is 18.3 Å². The molecule has 0 aromatic heterocycles. The van der Waals surface area contributed by atoms with Crippen molar-refractivity contribution in [2.24, 2.45) is 0 Å². The van der Waals surface area contributed by atoms with Crippen LogP contribution in [0.15, 0.2) is 36.0 Å².